The molecule has 2 rings (SSSR count). The SMILES string of the molecule is CP(C)(=O)C1CCN(Cc2ccccc2)C1=O. The van der Waals surface area contributed by atoms with E-state index in [0.29, 0.717) is 6.54 Å². The zero-order valence-electron chi connectivity index (χ0n) is 10.3. The maximum atomic E-state index is 12.1. The van der Waals surface area contributed by atoms with Crippen molar-refractivity contribution in [3.63, 3.8) is 0 Å². The predicted molar refractivity (Wildman–Crippen MR) is 69.7 cm³/mol. The van der Waals surface area contributed by atoms with Gasteiger partial charge in [-0.15, -0.1) is 0 Å². The molecule has 1 heterocycles. The molecule has 92 valence electrons. The van der Waals surface area contributed by atoms with Crippen molar-refractivity contribution in [1.82, 2.24) is 4.90 Å². The van der Waals surface area contributed by atoms with Crippen LogP contribution in [0.15, 0.2) is 30.3 Å². The third-order valence-electron chi connectivity index (χ3n) is 3.24. The molecule has 0 saturated carbocycles. The number of likely N-dealkylation sites (tertiary alicyclic amines) is 1. The van der Waals surface area contributed by atoms with Crippen LogP contribution in [-0.4, -0.2) is 36.3 Å². The molecule has 0 radical (unpaired) electrons. The van der Waals surface area contributed by atoms with Crippen molar-refractivity contribution in [2.45, 2.75) is 18.6 Å². The number of benzene rings is 1. The maximum Gasteiger partial charge on any atom is 0.233 e. The average molecular weight is 251 g/mol. The van der Waals surface area contributed by atoms with Gasteiger partial charge in [-0.1, -0.05) is 30.3 Å². The molecular formula is C13H18NO2P. The van der Waals surface area contributed by atoms with Crippen LogP contribution in [0.1, 0.15) is 12.0 Å². The van der Waals surface area contributed by atoms with Gasteiger partial charge in [-0.3, -0.25) is 4.79 Å². The Morgan fingerprint density at radius 2 is 1.94 bits per heavy atom. The third-order valence-corrected chi connectivity index (χ3v) is 5.22. The molecule has 3 nitrogen and oxygen atoms in total. The van der Waals surface area contributed by atoms with Crippen molar-refractivity contribution in [3.8, 4) is 0 Å². The largest absolute Gasteiger partial charge is 0.338 e. The van der Waals surface area contributed by atoms with Crippen LogP contribution in [0.2, 0.25) is 0 Å². The highest BCUT2D eigenvalue weighted by Gasteiger charge is 2.38. The lowest BCUT2D eigenvalue weighted by Gasteiger charge is -2.18. The number of hydrogen-bond donors (Lipinski definition) is 0. The topological polar surface area (TPSA) is 37.4 Å². The number of carbonyl (C=O) groups excluding carboxylic acids is 1. The molecule has 1 aliphatic rings. The Hall–Kier alpha value is -1.08. The van der Waals surface area contributed by atoms with Crippen molar-refractivity contribution in [2.24, 2.45) is 0 Å². The van der Waals surface area contributed by atoms with Gasteiger partial charge in [-0.05, 0) is 25.3 Å². The van der Waals surface area contributed by atoms with Crippen LogP contribution in [0.3, 0.4) is 0 Å². The van der Waals surface area contributed by atoms with Gasteiger partial charge in [0.15, 0.2) is 0 Å². The highest BCUT2D eigenvalue weighted by molar-refractivity contribution is 7.64. The summed E-state index contributed by atoms with van der Waals surface area (Å²) in [7, 11) is -2.30. The second-order valence-electron chi connectivity index (χ2n) is 4.98. The molecule has 4 heteroatoms. The summed E-state index contributed by atoms with van der Waals surface area (Å²) in [6.45, 7) is 4.78. The van der Waals surface area contributed by atoms with Crippen LogP contribution >= 0.6 is 7.14 Å². The van der Waals surface area contributed by atoms with Gasteiger partial charge in [0.2, 0.25) is 5.91 Å². The van der Waals surface area contributed by atoms with E-state index in [1.165, 1.54) is 0 Å². The van der Waals surface area contributed by atoms with E-state index in [2.05, 4.69) is 0 Å². The van der Waals surface area contributed by atoms with E-state index in [1.54, 1.807) is 13.3 Å². The molecule has 0 aromatic heterocycles. The van der Waals surface area contributed by atoms with Crippen molar-refractivity contribution in [3.05, 3.63) is 35.9 Å². The maximum absolute atomic E-state index is 12.1. The number of carbonyl (C=O) groups is 1. The van der Waals surface area contributed by atoms with E-state index in [1.807, 2.05) is 35.2 Å². The minimum absolute atomic E-state index is 0.0576. The highest BCUT2D eigenvalue weighted by Crippen LogP contribution is 2.47. The minimum Gasteiger partial charge on any atom is -0.338 e. The van der Waals surface area contributed by atoms with E-state index in [4.69, 9.17) is 0 Å². The summed E-state index contributed by atoms with van der Waals surface area (Å²) < 4.78 is 12.0. The third kappa shape index (κ3) is 2.78. The molecule has 1 saturated heterocycles. The first-order chi connectivity index (χ1) is 7.98. The van der Waals surface area contributed by atoms with Crippen LogP contribution in [0.5, 0.6) is 0 Å². The highest BCUT2D eigenvalue weighted by atomic mass is 31.2. The molecule has 0 bridgehead atoms. The van der Waals surface area contributed by atoms with Crippen LogP contribution in [0, 0.1) is 0 Å². The molecule has 0 spiro atoms. The standard InChI is InChI=1S/C13H18NO2P/c1-17(2,16)12-8-9-14(13(12)15)10-11-6-4-3-5-7-11/h3-7,12H,8-10H2,1-2H3. The first-order valence-electron chi connectivity index (χ1n) is 5.86. The molecule has 1 atom stereocenters. The van der Waals surface area contributed by atoms with Crippen LogP contribution in [0.4, 0.5) is 0 Å². The Balaban J connectivity index is 2.06. The monoisotopic (exact) mass is 251 g/mol. The van der Waals surface area contributed by atoms with E-state index >= 15 is 0 Å². The van der Waals surface area contributed by atoms with Crippen molar-refractivity contribution in [2.75, 3.05) is 19.9 Å². The van der Waals surface area contributed by atoms with E-state index in [9.17, 15) is 9.36 Å². The molecule has 1 aromatic rings. The molecule has 0 aliphatic carbocycles. The molecule has 1 fully saturated rings. The summed E-state index contributed by atoms with van der Waals surface area (Å²) in [5.41, 5.74) is 0.870. The van der Waals surface area contributed by atoms with Crippen molar-refractivity contribution < 1.29 is 9.36 Å². The Bertz CT molecular complexity index is 452. The smallest absolute Gasteiger partial charge is 0.233 e. The first-order valence-corrected chi connectivity index (χ1v) is 8.53. The molecular weight excluding hydrogens is 233 g/mol. The Morgan fingerprint density at radius 1 is 1.29 bits per heavy atom. The molecule has 1 aliphatic heterocycles. The first kappa shape index (κ1) is 12.4. The lowest BCUT2D eigenvalue weighted by atomic mass is 10.2. The molecule has 1 unspecified atom stereocenters. The van der Waals surface area contributed by atoms with E-state index in [0.717, 1.165) is 18.5 Å². The zero-order valence-corrected chi connectivity index (χ0v) is 11.2. The van der Waals surface area contributed by atoms with Crippen molar-refractivity contribution >= 4 is 13.0 Å². The summed E-state index contributed by atoms with van der Waals surface area (Å²) in [6, 6.07) is 9.93. The molecule has 1 aromatic carbocycles. The fourth-order valence-corrected chi connectivity index (χ4v) is 3.69. The lowest BCUT2D eigenvalue weighted by Crippen LogP contribution is -2.28. The van der Waals surface area contributed by atoms with E-state index < -0.39 is 7.14 Å². The molecule has 1 amide bonds. The Labute approximate surface area is 102 Å². The average Bonchev–Trinajstić information content (AvgIpc) is 2.61. The summed E-state index contributed by atoms with van der Waals surface area (Å²) in [6.07, 6.45) is 0.732. The normalized spacial score (nSPS) is 20.9. The van der Waals surface area contributed by atoms with E-state index in [-0.39, 0.29) is 11.6 Å². The van der Waals surface area contributed by atoms with Crippen LogP contribution in [-0.2, 0) is 15.9 Å². The summed E-state index contributed by atoms with van der Waals surface area (Å²) in [4.78, 5) is 13.9. The number of rotatable bonds is 3. The zero-order chi connectivity index (χ0) is 12.5. The van der Waals surface area contributed by atoms with Gasteiger partial charge in [0.25, 0.3) is 0 Å². The summed E-state index contributed by atoms with van der Waals surface area (Å²) in [5, 5.41) is 0. The van der Waals surface area contributed by atoms with Gasteiger partial charge in [0.1, 0.15) is 0 Å². The van der Waals surface area contributed by atoms with Crippen LogP contribution < -0.4 is 0 Å². The van der Waals surface area contributed by atoms with Gasteiger partial charge in [0.05, 0.1) is 12.8 Å². The van der Waals surface area contributed by atoms with Gasteiger partial charge >= 0.3 is 0 Å². The number of hydrogen-bond acceptors (Lipinski definition) is 2. The predicted octanol–water partition coefficient (Wildman–Crippen LogP) is 2.41. The molecule has 0 N–H and O–H groups in total. The molecule has 17 heavy (non-hydrogen) atoms. The summed E-state index contributed by atoms with van der Waals surface area (Å²) >= 11 is 0. The fourth-order valence-electron chi connectivity index (χ4n) is 2.26. The number of nitrogens with zero attached hydrogens (tertiary/aromatic N) is 1. The minimum atomic E-state index is -2.30. The van der Waals surface area contributed by atoms with Gasteiger partial charge in [-0.2, -0.15) is 0 Å². The quantitative estimate of drug-likeness (QED) is 0.774. The number of amides is 1. The van der Waals surface area contributed by atoms with Gasteiger partial charge in [0, 0.05) is 13.1 Å². The Kier molecular flexibility index (Phi) is 3.39. The fraction of sp³-hybridized carbons (Fsp3) is 0.462. The van der Waals surface area contributed by atoms with Gasteiger partial charge in [-0.25, -0.2) is 0 Å². The van der Waals surface area contributed by atoms with Gasteiger partial charge < -0.3 is 9.46 Å². The lowest BCUT2D eigenvalue weighted by molar-refractivity contribution is -0.127. The summed E-state index contributed by atoms with van der Waals surface area (Å²) in [5.74, 6) is 0.0576. The van der Waals surface area contributed by atoms with Crippen LogP contribution in [0.25, 0.3) is 0 Å². The second kappa shape index (κ2) is 4.66. The Morgan fingerprint density at radius 3 is 2.47 bits per heavy atom. The van der Waals surface area contributed by atoms with Crippen molar-refractivity contribution in [1.29, 1.82) is 0 Å². The second-order valence-corrected chi connectivity index (χ2v) is 8.48.